The van der Waals surface area contributed by atoms with Crippen LogP contribution in [0.15, 0.2) is 0 Å². The lowest BCUT2D eigenvalue weighted by molar-refractivity contribution is -0.150. The van der Waals surface area contributed by atoms with Gasteiger partial charge in [-0.05, 0) is 13.8 Å². The summed E-state index contributed by atoms with van der Waals surface area (Å²) in [6.45, 7) is 3.39. The molecule has 0 aliphatic heterocycles. The van der Waals surface area contributed by atoms with Crippen molar-refractivity contribution in [3.8, 4) is 0 Å². The molecule has 0 heterocycles. The molecule has 0 aliphatic rings. The molecule has 1 N–H and O–H groups in total. The fraction of sp³-hybridized carbons (Fsp3) is 0.889. The number of carbonyl (C=O) groups is 1. The molecule has 0 aromatic heterocycles. The van der Waals surface area contributed by atoms with E-state index in [0.29, 0.717) is 6.42 Å². The molecule has 0 radical (unpaired) electrons. The maximum atomic E-state index is 11.1. The zero-order chi connectivity index (χ0) is 10.4. The Bertz CT molecular complexity index is 156. The summed E-state index contributed by atoms with van der Waals surface area (Å²) < 4.78 is 9.66. The maximum Gasteiger partial charge on any atom is 0.311 e. The fourth-order valence-electron chi connectivity index (χ4n) is 1.18. The van der Waals surface area contributed by atoms with E-state index in [1.54, 1.807) is 13.8 Å². The van der Waals surface area contributed by atoms with E-state index in [9.17, 15) is 4.79 Å². The minimum atomic E-state index is -0.475. The van der Waals surface area contributed by atoms with Crippen molar-refractivity contribution < 1.29 is 19.4 Å². The van der Waals surface area contributed by atoms with Crippen LogP contribution in [-0.4, -0.2) is 37.5 Å². The molecule has 0 spiro atoms. The number of ether oxygens (including phenoxy) is 2. The van der Waals surface area contributed by atoms with E-state index < -0.39 is 6.10 Å². The van der Waals surface area contributed by atoms with E-state index in [-0.39, 0.29) is 18.0 Å². The summed E-state index contributed by atoms with van der Waals surface area (Å²) in [6.07, 6.45) is -0.322. The first kappa shape index (κ1) is 12.4. The first-order valence-electron chi connectivity index (χ1n) is 4.31. The summed E-state index contributed by atoms with van der Waals surface area (Å²) in [6, 6.07) is 0. The summed E-state index contributed by atoms with van der Waals surface area (Å²) in [5.41, 5.74) is 0. The van der Waals surface area contributed by atoms with Gasteiger partial charge in [0.25, 0.3) is 0 Å². The van der Waals surface area contributed by atoms with Gasteiger partial charge in [0.05, 0.1) is 25.2 Å². The molecule has 0 bridgehead atoms. The van der Waals surface area contributed by atoms with Crippen LogP contribution in [0.2, 0.25) is 0 Å². The second-order valence-electron chi connectivity index (χ2n) is 3.17. The summed E-state index contributed by atoms with van der Waals surface area (Å²) in [7, 11) is 2.86. The lowest BCUT2D eigenvalue weighted by Gasteiger charge is -2.21. The van der Waals surface area contributed by atoms with Crippen molar-refractivity contribution in [3.05, 3.63) is 0 Å². The molecular weight excluding hydrogens is 172 g/mol. The van der Waals surface area contributed by atoms with E-state index in [0.717, 1.165) is 0 Å². The summed E-state index contributed by atoms with van der Waals surface area (Å²) in [5.74, 6) is -0.655. The highest BCUT2D eigenvalue weighted by Gasteiger charge is 2.25. The monoisotopic (exact) mass is 190 g/mol. The molecule has 0 fully saturated rings. The molecule has 13 heavy (non-hydrogen) atoms. The predicted molar refractivity (Wildman–Crippen MR) is 48.3 cm³/mol. The number of hydrogen-bond acceptors (Lipinski definition) is 4. The van der Waals surface area contributed by atoms with Crippen LogP contribution in [0.5, 0.6) is 0 Å². The highest BCUT2D eigenvalue weighted by atomic mass is 16.5. The molecule has 78 valence electrons. The van der Waals surface area contributed by atoms with Gasteiger partial charge in [-0.15, -0.1) is 0 Å². The molecule has 0 aliphatic carbocycles. The molecule has 0 amide bonds. The predicted octanol–water partition coefficient (Wildman–Crippen LogP) is 0.581. The Hall–Kier alpha value is -0.610. The highest BCUT2D eigenvalue weighted by Crippen LogP contribution is 2.14. The third kappa shape index (κ3) is 4.24. The summed E-state index contributed by atoms with van der Waals surface area (Å²) >= 11 is 0. The Morgan fingerprint density at radius 1 is 1.38 bits per heavy atom. The van der Waals surface area contributed by atoms with Gasteiger partial charge in [0.15, 0.2) is 0 Å². The standard InChI is InChI=1S/C9H18O4/c1-6(10)5-8(12-3)7(2)9(11)13-4/h6-8,10H,5H2,1-4H3. The van der Waals surface area contributed by atoms with Crippen molar-refractivity contribution in [1.82, 2.24) is 0 Å². The molecule has 0 aromatic rings. The number of esters is 1. The number of aliphatic hydroxyl groups excluding tert-OH is 1. The average molecular weight is 190 g/mol. The minimum absolute atomic E-state index is 0.285. The van der Waals surface area contributed by atoms with Crippen LogP contribution < -0.4 is 0 Å². The lowest BCUT2D eigenvalue weighted by atomic mass is 10.00. The van der Waals surface area contributed by atoms with Crippen LogP contribution in [-0.2, 0) is 14.3 Å². The fourth-order valence-corrected chi connectivity index (χ4v) is 1.18. The SMILES string of the molecule is COC(=O)C(C)C(CC(C)O)OC. The Balaban J connectivity index is 4.14. The third-order valence-corrected chi connectivity index (χ3v) is 2.01. The summed E-state index contributed by atoms with van der Waals surface area (Å²) in [4.78, 5) is 11.1. The van der Waals surface area contributed by atoms with E-state index >= 15 is 0 Å². The minimum Gasteiger partial charge on any atom is -0.469 e. The van der Waals surface area contributed by atoms with Crippen molar-refractivity contribution in [2.75, 3.05) is 14.2 Å². The molecule has 0 rings (SSSR count). The lowest BCUT2D eigenvalue weighted by Crippen LogP contribution is -2.31. The number of hydrogen-bond donors (Lipinski definition) is 1. The number of aliphatic hydroxyl groups is 1. The van der Waals surface area contributed by atoms with Crippen LogP contribution in [0, 0.1) is 5.92 Å². The molecule has 4 heteroatoms. The first-order chi connectivity index (χ1) is 6.02. The van der Waals surface area contributed by atoms with Crippen molar-refractivity contribution in [2.24, 2.45) is 5.92 Å². The Morgan fingerprint density at radius 3 is 2.23 bits per heavy atom. The molecule has 3 unspecified atom stereocenters. The van der Waals surface area contributed by atoms with Crippen molar-refractivity contribution >= 4 is 5.97 Å². The molecule has 4 nitrogen and oxygen atoms in total. The normalized spacial score (nSPS) is 17.6. The van der Waals surface area contributed by atoms with Gasteiger partial charge >= 0.3 is 5.97 Å². The Morgan fingerprint density at radius 2 is 1.92 bits per heavy atom. The molecule has 3 atom stereocenters. The maximum absolute atomic E-state index is 11.1. The Labute approximate surface area is 78.8 Å². The summed E-state index contributed by atoms with van der Waals surface area (Å²) in [5, 5.41) is 9.13. The van der Waals surface area contributed by atoms with E-state index in [2.05, 4.69) is 4.74 Å². The van der Waals surface area contributed by atoms with Crippen LogP contribution >= 0.6 is 0 Å². The second kappa shape index (κ2) is 5.94. The highest BCUT2D eigenvalue weighted by molar-refractivity contribution is 5.72. The zero-order valence-corrected chi connectivity index (χ0v) is 8.61. The third-order valence-electron chi connectivity index (χ3n) is 2.01. The molecule has 0 saturated carbocycles. The van der Waals surface area contributed by atoms with Crippen LogP contribution in [0.4, 0.5) is 0 Å². The van der Waals surface area contributed by atoms with Crippen molar-refractivity contribution in [3.63, 3.8) is 0 Å². The Kier molecular flexibility index (Phi) is 5.66. The largest absolute Gasteiger partial charge is 0.469 e. The van der Waals surface area contributed by atoms with E-state index in [1.807, 2.05) is 0 Å². The quantitative estimate of drug-likeness (QED) is 0.644. The number of rotatable bonds is 5. The first-order valence-corrected chi connectivity index (χ1v) is 4.31. The average Bonchev–Trinajstić information content (AvgIpc) is 2.11. The van der Waals surface area contributed by atoms with Crippen LogP contribution in [0.3, 0.4) is 0 Å². The van der Waals surface area contributed by atoms with Gasteiger partial charge in [0.1, 0.15) is 0 Å². The van der Waals surface area contributed by atoms with E-state index in [1.165, 1.54) is 14.2 Å². The van der Waals surface area contributed by atoms with Crippen molar-refractivity contribution in [1.29, 1.82) is 0 Å². The number of methoxy groups -OCH3 is 2. The second-order valence-corrected chi connectivity index (χ2v) is 3.17. The molecule has 0 saturated heterocycles. The van der Waals surface area contributed by atoms with Crippen LogP contribution in [0.25, 0.3) is 0 Å². The van der Waals surface area contributed by atoms with Gasteiger partial charge in [-0.2, -0.15) is 0 Å². The van der Waals surface area contributed by atoms with Gasteiger partial charge in [-0.1, -0.05) is 0 Å². The van der Waals surface area contributed by atoms with E-state index in [4.69, 9.17) is 9.84 Å². The molecular formula is C9H18O4. The smallest absolute Gasteiger partial charge is 0.311 e. The topological polar surface area (TPSA) is 55.8 Å². The van der Waals surface area contributed by atoms with Crippen LogP contribution in [0.1, 0.15) is 20.3 Å². The van der Waals surface area contributed by atoms with Gasteiger partial charge in [-0.3, -0.25) is 4.79 Å². The van der Waals surface area contributed by atoms with Gasteiger partial charge in [-0.25, -0.2) is 0 Å². The van der Waals surface area contributed by atoms with Gasteiger partial charge < -0.3 is 14.6 Å². The van der Waals surface area contributed by atoms with Crippen molar-refractivity contribution in [2.45, 2.75) is 32.5 Å². The zero-order valence-electron chi connectivity index (χ0n) is 8.61. The number of carbonyl (C=O) groups excluding carboxylic acids is 1. The van der Waals surface area contributed by atoms with Gasteiger partial charge in [0.2, 0.25) is 0 Å². The van der Waals surface area contributed by atoms with Gasteiger partial charge in [0, 0.05) is 13.5 Å². The molecule has 0 aromatic carbocycles.